The molecule has 1 atom stereocenters. The summed E-state index contributed by atoms with van der Waals surface area (Å²) < 4.78 is 0. The highest BCUT2D eigenvalue weighted by molar-refractivity contribution is 5.66. The highest BCUT2D eigenvalue weighted by atomic mass is 16.4. The number of aliphatic hydroxyl groups excluding tert-OH is 2. The molecule has 0 saturated carbocycles. The van der Waals surface area contributed by atoms with E-state index < -0.39 is 12.1 Å². The van der Waals surface area contributed by atoms with Gasteiger partial charge in [0.1, 0.15) is 0 Å². The third-order valence-electron chi connectivity index (χ3n) is 3.29. The molecule has 0 bridgehead atoms. The lowest BCUT2D eigenvalue weighted by molar-refractivity contribution is -0.137. The lowest BCUT2D eigenvalue weighted by Gasteiger charge is -1.92. The molecule has 0 rings (SSSR count). The van der Waals surface area contributed by atoms with Crippen molar-refractivity contribution < 1.29 is 20.1 Å². The van der Waals surface area contributed by atoms with E-state index in [2.05, 4.69) is 43.4 Å². The molecule has 25 heavy (non-hydrogen) atoms. The Balaban J connectivity index is 0. The Morgan fingerprint density at radius 2 is 1.32 bits per heavy atom. The average Bonchev–Trinajstić information content (AvgIpc) is 2.58. The summed E-state index contributed by atoms with van der Waals surface area (Å²) in [4.78, 5) is 10.3. The van der Waals surface area contributed by atoms with Crippen molar-refractivity contribution in [3.63, 3.8) is 0 Å². The molecule has 0 fully saturated rings. The molecule has 0 spiro atoms. The highest BCUT2D eigenvalue weighted by Crippen LogP contribution is 2.02. The first-order valence-electron chi connectivity index (χ1n) is 9.50. The number of aliphatic hydroxyl groups is 2. The van der Waals surface area contributed by atoms with Crippen LogP contribution >= 0.6 is 0 Å². The summed E-state index contributed by atoms with van der Waals surface area (Å²) in [6, 6.07) is 0. The summed E-state index contributed by atoms with van der Waals surface area (Å²) in [6.45, 7) is 3.62. The predicted octanol–water partition coefficient (Wildman–Crippen LogP) is 5.02. The van der Waals surface area contributed by atoms with Gasteiger partial charge in [-0.05, 0) is 51.9 Å². The quantitative estimate of drug-likeness (QED) is 0.302. The molecule has 3 N–H and O–H groups in total. The van der Waals surface area contributed by atoms with Crippen molar-refractivity contribution in [1.29, 1.82) is 0 Å². The second-order valence-corrected chi connectivity index (χ2v) is 6.05. The summed E-state index contributed by atoms with van der Waals surface area (Å²) in [7, 11) is 0. The Kier molecular flexibility index (Phi) is 23.4. The van der Waals surface area contributed by atoms with Crippen molar-refractivity contribution in [1.82, 2.24) is 0 Å². The number of carboxylic acids is 1. The second-order valence-electron chi connectivity index (χ2n) is 6.05. The van der Waals surface area contributed by atoms with Gasteiger partial charge in [0.15, 0.2) is 0 Å². The number of unbranched alkanes of at least 4 members (excludes halogenated alkanes) is 5. The van der Waals surface area contributed by atoms with Crippen LogP contribution in [0.25, 0.3) is 0 Å². The zero-order valence-electron chi connectivity index (χ0n) is 16.1. The van der Waals surface area contributed by atoms with Crippen LogP contribution in [0.2, 0.25) is 0 Å². The minimum Gasteiger partial charge on any atom is -0.481 e. The lowest BCUT2D eigenvalue weighted by Crippen LogP contribution is -2.03. The van der Waals surface area contributed by atoms with E-state index in [4.69, 9.17) is 15.3 Å². The van der Waals surface area contributed by atoms with Crippen molar-refractivity contribution in [2.24, 2.45) is 0 Å². The van der Waals surface area contributed by atoms with E-state index in [0.717, 1.165) is 32.1 Å². The summed E-state index contributed by atoms with van der Waals surface area (Å²) in [5.41, 5.74) is 0. The van der Waals surface area contributed by atoms with E-state index in [9.17, 15) is 4.79 Å². The number of allylic oxidation sites excluding steroid dienone is 6. The molecule has 0 aliphatic rings. The smallest absolute Gasteiger partial charge is 0.303 e. The van der Waals surface area contributed by atoms with Gasteiger partial charge in [0.05, 0.1) is 12.7 Å². The average molecular weight is 355 g/mol. The van der Waals surface area contributed by atoms with Gasteiger partial charge in [-0.1, -0.05) is 56.2 Å². The topological polar surface area (TPSA) is 77.8 Å². The fourth-order valence-electron chi connectivity index (χ4n) is 1.83. The van der Waals surface area contributed by atoms with E-state index in [0.29, 0.717) is 6.42 Å². The molecule has 0 aliphatic carbocycles. The van der Waals surface area contributed by atoms with Gasteiger partial charge in [-0.15, -0.1) is 0 Å². The van der Waals surface area contributed by atoms with Crippen LogP contribution in [0.4, 0.5) is 0 Å². The van der Waals surface area contributed by atoms with Gasteiger partial charge < -0.3 is 15.3 Å². The number of rotatable bonds is 14. The van der Waals surface area contributed by atoms with Gasteiger partial charge in [0, 0.05) is 6.42 Å². The fraction of sp³-hybridized carbons (Fsp3) is 0.667. The van der Waals surface area contributed by atoms with Crippen LogP contribution in [-0.4, -0.2) is 34.0 Å². The summed E-state index contributed by atoms with van der Waals surface area (Å²) in [5.74, 6) is -0.695. The standard InChI is InChI=1S/C18H30O2.C3H8O2/c1-2-3-4-5-6-7-8-9-10-11-12-13-14-15-16-17-18(19)20;1-3(5)2-4/h6-7,9-10,12-13H,2-5,8,11,14-17H2,1H3,(H,19,20);3-5H,2H2,1H3/b7-6-,10-9-,13-12-;. The molecule has 1 unspecified atom stereocenters. The van der Waals surface area contributed by atoms with E-state index in [1.165, 1.54) is 32.6 Å². The van der Waals surface area contributed by atoms with Crippen LogP contribution in [0.1, 0.15) is 78.1 Å². The maximum atomic E-state index is 10.3. The van der Waals surface area contributed by atoms with Gasteiger partial charge in [-0.3, -0.25) is 4.79 Å². The Hall–Kier alpha value is -1.39. The van der Waals surface area contributed by atoms with Gasteiger partial charge in [0.25, 0.3) is 0 Å². The highest BCUT2D eigenvalue weighted by Gasteiger charge is 1.93. The van der Waals surface area contributed by atoms with Crippen molar-refractivity contribution in [2.45, 2.75) is 84.2 Å². The van der Waals surface area contributed by atoms with Crippen molar-refractivity contribution >= 4 is 5.97 Å². The minimum atomic E-state index is -0.695. The van der Waals surface area contributed by atoms with E-state index in [-0.39, 0.29) is 6.61 Å². The molecule has 0 amide bonds. The van der Waals surface area contributed by atoms with Gasteiger partial charge in [-0.25, -0.2) is 0 Å². The monoisotopic (exact) mass is 354 g/mol. The van der Waals surface area contributed by atoms with E-state index in [1.807, 2.05) is 0 Å². The normalized spacial score (nSPS) is 12.6. The number of hydrogen-bond acceptors (Lipinski definition) is 3. The zero-order chi connectivity index (χ0) is 19.2. The number of carbonyl (C=O) groups is 1. The molecule has 0 aromatic carbocycles. The van der Waals surface area contributed by atoms with E-state index >= 15 is 0 Å². The second kappa shape index (κ2) is 22.6. The zero-order valence-corrected chi connectivity index (χ0v) is 16.1. The van der Waals surface area contributed by atoms with Gasteiger partial charge in [0.2, 0.25) is 0 Å². The largest absolute Gasteiger partial charge is 0.481 e. The molecular weight excluding hydrogens is 316 g/mol. The summed E-state index contributed by atoms with van der Waals surface area (Å²) in [5, 5.41) is 24.5. The maximum Gasteiger partial charge on any atom is 0.303 e. The molecule has 0 saturated heterocycles. The first kappa shape index (κ1) is 25.8. The molecular formula is C21H38O4. The summed E-state index contributed by atoms with van der Waals surface area (Å²) in [6.07, 6.45) is 22.8. The van der Waals surface area contributed by atoms with Crippen LogP contribution in [0.15, 0.2) is 36.5 Å². The van der Waals surface area contributed by atoms with Crippen LogP contribution < -0.4 is 0 Å². The number of carboxylic acid groups (broad SMARTS) is 1. The molecule has 4 heteroatoms. The van der Waals surface area contributed by atoms with Crippen LogP contribution in [0, 0.1) is 0 Å². The Bertz CT molecular complexity index is 357. The SMILES string of the molecule is CC(O)CO.CCCCC/C=C\C/C=C\C/C=C\CCCCC(=O)O. The minimum absolute atomic E-state index is 0.139. The Morgan fingerprint density at radius 3 is 1.72 bits per heavy atom. The first-order valence-corrected chi connectivity index (χ1v) is 9.50. The molecule has 146 valence electrons. The molecule has 0 aliphatic heterocycles. The summed E-state index contributed by atoms with van der Waals surface area (Å²) >= 11 is 0. The molecule has 0 radical (unpaired) electrons. The van der Waals surface area contributed by atoms with Crippen molar-refractivity contribution in [3.05, 3.63) is 36.5 Å². The first-order chi connectivity index (χ1) is 12.0. The van der Waals surface area contributed by atoms with Gasteiger partial charge >= 0.3 is 5.97 Å². The van der Waals surface area contributed by atoms with Crippen molar-refractivity contribution in [3.8, 4) is 0 Å². The van der Waals surface area contributed by atoms with Crippen molar-refractivity contribution in [2.75, 3.05) is 6.61 Å². The predicted molar refractivity (Wildman–Crippen MR) is 106 cm³/mol. The van der Waals surface area contributed by atoms with Crippen LogP contribution in [0.3, 0.4) is 0 Å². The Labute approximate surface area is 154 Å². The number of aliphatic carboxylic acids is 1. The maximum absolute atomic E-state index is 10.3. The van der Waals surface area contributed by atoms with Crippen LogP contribution in [-0.2, 0) is 4.79 Å². The molecule has 0 heterocycles. The molecule has 4 nitrogen and oxygen atoms in total. The Morgan fingerprint density at radius 1 is 0.880 bits per heavy atom. The lowest BCUT2D eigenvalue weighted by atomic mass is 10.2. The van der Waals surface area contributed by atoms with E-state index in [1.54, 1.807) is 0 Å². The fourth-order valence-corrected chi connectivity index (χ4v) is 1.83. The van der Waals surface area contributed by atoms with Crippen LogP contribution in [0.5, 0.6) is 0 Å². The third kappa shape index (κ3) is 31.0. The number of hydrogen-bond donors (Lipinski definition) is 3. The molecule has 0 aromatic rings. The molecule has 0 aromatic heterocycles. The van der Waals surface area contributed by atoms with Gasteiger partial charge in [-0.2, -0.15) is 0 Å². The third-order valence-corrected chi connectivity index (χ3v) is 3.29.